The molecule has 2 aliphatic heterocycles. The average molecular weight is 1110 g/mol. The van der Waals surface area contributed by atoms with Crippen LogP contribution in [0.15, 0.2) is 193 Å². The average Bonchev–Trinajstić information content (AvgIpc) is 3.58. The van der Waals surface area contributed by atoms with Gasteiger partial charge < -0.3 is 38.6 Å². The molecule has 0 saturated carbocycles. The van der Waals surface area contributed by atoms with Crippen LogP contribution in [-0.4, -0.2) is 91.9 Å². The Hall–Kier alpha value is -9.28. The fourth-order valence-electron chi connectivity index (χ4n) is 10.2. The molecular formula is C60H53N9O9S2. The highest BCUT2D eigenvalue weighted by atomic mass is 32.3. The number of anilines is 8. The lowest BCUT2D eigenvalue weighted by Crippen LogP contribution is -2.33. The lowest BCUT2D eigenvalue weighted by atomic mass is 9.97. The highest BCUT2D eigenvalue weighted by Crippen LogP contribution is 2.51. The van der Waals surface area contributed by atoms with Crippen LogP contribution in [-0.2, 0) is 20.8 Å². The number of nitrogens with one attached hydrogen (secondary N) is 1. The van der Waals surface area contributed by atoms with Crippen molar-refractivity contribution in [3.63, 3.8) is 0 Å². The van der Waals surface area contributed by atoms with Crippen molar-refractivity contribution in [2.75, 3.05) is 67.2 Å². The van der Waals surface area contributed by atoms with Gasteiger partial charge in [0, 0.05) is 122 Å². The van der Waals surface area contributed by atoms with Crippen LogP contribution in [0.1, 0.15) is 1.43 Å². The summed E-state index contributed by atoms with van der Waals surface area (Å²) in [5.41, 5.74) is 21.5. The monoisotopic (exact) mass is 1110 g/mol. The largest absolute Gasteiger partial charge is 1.00 e. The van der Waals surface area contributed by atoms with Crippen molar-refractivity contribution >= 4 is 99.4 Å². The first kappa shape index (κ1) is 54.1. The van der Waals surface area contributed by atoms with Crippen molar-refractivity contribution in [1.82, 2.24) is 14.5 Å². The summed E-state index contributed by atoms with van der Waals surface area (Å²) in [6, 6.07) is 65.0. The first-order valence-corrected chi connectivity index (χ1v) is 27.6. The third kappa shape index (κ3) is 11.2. The maximum atomic E-state index is 12.8. The number of aromatic nitrogens is 4. The van der Waals surface area contributed by atoms with Gasteiger partial charge >= 0.3 is 11.8 Å². The molecule has 20 heteroatoms. The number of hydrogen-bond acceptors (Lipinski definition) is 14. The Morgan fingerprint density at radius 2 is 1.06 bits per heavy atom. The molecule has 3 heterocycles. The molecule has 0 fully saturated rings. The Morgan fingerprint density at radius 3 is 1.69 bits per heavy atom. The summed E-state index contributed by atoms with van der Waals surface area (Å²) in [6.45, 7) is 0. The minimum atomic E-state index is -5.17. The molecule has 404 valence electrons. The molecule has 9 aromatic rings. The highest BCUT2D eigenvalue weighted by Gasteiger charge is 2.29. The molecule has 3 N–H and O–H groups in total. The summed E-state index contributed by atoms with van der Waals surface area (Å²) in [5, 5.41) is 3.79. The first-order valence-electron chi connectivity index (χ1n) is 24.8. The van der Waals surface area contributed by atoms with Crippen LogP contribution in [0.2, 0.25) is 0 Å². The number of benzene rings is 9. The van der Waals surface area contributed by atoms with E-state index < -0.39 is 20.8 Å². The number of hydrogen-bond donors (Lipinski definition) is 3. The molecule has 3 aliphatic rings. The smallest absolute Gasteiger partial charge is 0.759 e. The Morgan fingerprint density at radius 1 is 0.525 bits per heavy atom. The minimum Gasteiger partial charge on any atom is -0.759 e. The van der Waals surface area contributed by atoms with Gasteiger partial charge in [-0.3, -0.25) is 22.3 Å². The SMILES string of the molecule is CN(C)c1cc2c(cc1-c1ccc3nc4cc(-c5cc6nc7ccc(=O)cc-7n(-c7ccccc7)c6cc5N(C)C)c(N(C)C)cc4[n+](-c4ccccc4)c3c1)Nc1ccccc1N2c1ccccc1.O=S(=O)(O)O.O=S(=O)([O-])[O-].[H+]. The molecule has 12 rings (SSSR count). The summed E-state index contributed by atoms with van der Waals surface area (Å²) in [4.78, 5) is 32.4. The van der Waals surface area contributed by atoms with E-state index in [2.05, 4.69) is 228 Å². The van der Waals surface area contributed by atoms with E-state index >= 15 is 0 Å². The second-order valence-corrected chi connectivity index (χ2v) is 21.1. The maximum Gasteiger partial charge on any atom is 1.00 e. The van der Waals surface area contributed by atoms with Crippen LogP contribution >= 0.6 is 0 Å². The van der Waals surface area contributed by atoms with Gasteiger partial charge in [-0.05, 0) is 90.5 Å². The first-order chi connectivity index (χ1) is 38.1. The van der Waals surface area contributed by atoms with E-state index in [1.807, 2.05) is 24.3 Å². The predicted molar refractivity (Wildman–Crippen MR) is 316 cm³/mol. The van der Waals surface area contributed by atoms with E-state index in [9.17, 15) is 4.79 Å². The van der Waals surface area contributed by atoms with E-state index in [-0.39, 0.29) is 6.86 Å². The van der Waals surface area contributed by atoms with Crippen LogP contribution in [0.25, 0.3) is 78.1 Å². The van der Waals surface area contributed by atoms with Crippen molar-refractivity contribution in [1.29, 1.82) is 0 Å². The Kier molecular flexibility index (Phi) is 14.5. The third-order valence-corrected chi connectivity index (χ3v) is 13.4. The molecule has 0 bridgehead atoms. The van der Waals surface area contributed by atoms with E-state index in [1.165, 1.54) is 0 Å². The van der Waals surface area contributed by atoms with Crippen molar-refractivity contribution in [2.24, 2.45) is 0 Å². The summed E-state index contributed by atoms with van der Waals surface area (Å²) in [5.74, 6) is 0. The van der Waals surface area contributed by atoms with Crippen molar-refractivity contribution in [3.05, 3.63) is 198 Å². The molecule has 0 radical (unpaired) electrons. The topological polar surface area (TPSA) is 232 Å². The molecule has 8 aromatic carbocycles. The van der Waals surface area contributed by atoms with Gasteiger partial charge in [-0.1, -0.05) is 72.8 Å². The van der Waals surface area contributed by atoms with E-state index in [0.29, 0.717) is 0 Å². The second kappa shape index (κ2) is 21.5. The van der Waals surface area contributed by atoms with Crippen LogP contribution < -0.4 is 34.9 Å². The lowest BCUT2D eigenvalue weighted by molar-refractivity contribution is -0.538. The molecule has 0 unspecified atom stereocenters. The van der Waals surface area contributed by atoms with E-state index in [0.717, 1.165) is 124 Å². The standard InChI is InChI=1S/C60H50N9O.2H2O4S/c1-64(2)53-35-58-49(61-46-24-16-17-25-52(46)67(58)39-18-10-7-11-19-39)32-43(53)38-26-28-47-56(30-38)68(40-20-12-8-13-21-40)59-36-54(65(3)4)44(33-50(59)62-47)45-34-51-60(37-55(45)66(5)6)69(41-22-14-9-15-23-41)57-31-42(70)27-29-48(57)63-51;2*1-5(2,3)4/h7-37,61H,1-6H3;2*(H2,1,2,3,4)/q+1;;/p-1. The van der Waals surface area contributed by atoms with Gasteiger partial charge in [0.25, 0.3) is 0 Å². The van der Waals surface area contributed by atoms with Gasteiger partial charge in [0.15, 0.2) is 5.43 Å². The lowest BCUT2D eigenvalue weighted by Gasteiger charge is -2.35. The molecule has 18 nitrogen and oxygen atoms in total. The van der Waals surface area contributed by atoms with Crippen LogP contribution in [0.5, 0.6) is 0 Å². The maximum absolute atomic E-state index is 12.8. The molecule has 80 heavy (non-hydrogen) atoms. The fourth-order valence-corrected chi connectivity index (χ4v) is 10.2. The normalized spacial score (nSPS) is 11.9. The minimum absolute atomic E-state index is 0. The van der Waals surface area contributed by atoms with Gasteiger partial charge in [-0.2, -0.15) is 8.42 Å². The van der Waals surface area contributed by atoms with Crippen LogP contribution in [0.4, 0.5) is 45.5 Å². The van der Waals surface area contributed by atoms with Gasteiger partial charge in [0.1, 0.15) is 11.0 Å². The Balaban J connectivity index is 0.000000665. The van der Waals surface area contributed by atoms with Crippen molar-refractivity contribution < 1.29 is 41.0 Å². The fraction of sp³-hybridized carbons (Fsp3) is 0.100. The predicted octanol–water partition coefficient (Wildman–Crippen LogP) is 10.6. The third-order valence-electron chi connectivity index (χ3n) is 13.4. The molecule has 1 aliphatic carbocycles. The van der Waals surface area contributed by atoms with Gasteiger partial charge in [-0.15, -0.1) is 4.57 Å². The summed E-state index contributed by atoms with van der Waals surface area (Å²) < 4.78 is 70.2. The molecule has 0 atom stereocenters. The second-order valence-electron chi connectivity index (χ2n) is 19.4. The van der Waals surface area contributed by atoms with E-state index in [4.69, 9.17) is 45.0 Å². The summed E-state index contributed by atoms with van der Waals surface area (Å²) in [7, 11) is 2.74. The van der Waals surface area contributed by atoms with Crippen molar-refractivity contribution in [2.45, 2.75) is 0 Å². The van der Waals surface area contributed by atoms with Crippen molar-refractivity contribution in [3.8, 4) is 45.0 Å². The Bertz CT molecular complexity index is 4400. The highest BCUT2D eigenvalue weighted by molar-refractivity contribution is 7.80. The number of rotatable bonds is 8. The van der Waals surface area contributed by atoms with E-state index in [1.54, 1.807) is 12.1 Å². The van der Waals surface area contributed by atoms with Crippen LogP contribution in [0, 0.1) is 0 Å². The number of para-hydroxylation sites is 5. The van der Waals surface area contributed by atoms with Gasteiger partial charge in [0.2, 0.25) is 16.7 Å². The zero-order chi connectivity index (χ0) is 56.8. The molecule has 1 aromatic heterocycles. The Labute approximate surface area is 463 Å². The zero-order valence-corrected chi connectivity index (χ0v) is 45.7. The summed E-state index contributed by atoms with van der Waals surface area (Å²) >= 11 is 0. The summed E-state index contributed by atoms with van der Waals surface area (Å²) in [6.07, 6.45) is 0. The molecule has 0 spiro atoms. The van der Waals surface area contributed by atoms with Gasteiger partial charge in [-0.25, -0.2) is 9.97 Å². The number of fused-ring (bicyclic) bond motifs is 6. The zero-order valence-electron chi connectivity index (χ0n) is 45.0. The molecule has 0 amide bonds. The quantitative estimate of drug-likeness (QED) is 0.0556. The molecule has 0 saturated heterocycles. The van der Waals surface area contributed by atoms with Gasteiger partial charge in [0.05, 0.1) is 50.9 Å². The van der Waals surface area contributed by atoms with Crippen LogP contribution in [0.3, 0.4) is 0 Å². The molecular weight excluding hydrogens is 1050 g/mol. The number of nitrogens with zero attached hydrogens (tertiary/aromatic N) is 8.